The highest BCUT2D eigenvalue weighted by Gasteiger charge is 2.24. The summed E-state index contributed by atoms with van der Waals surface area (Å²) in [7, 11) is 0. The monoisotopic (exact) mass is 276 g/mol. The van der Waals surface area contributed by atoms with Crippen molar-refractivity contribution in [1.29, 1.82) is 0 Å². The fourth-order valence-electron chi connectivity index (χ4n) is 2.61. The van der Waals surface area contributed by atoms with Gasteiger partial charge in [0.15, 0.2) is 0 Å². The standard InChI is InChI=1S/C16H12N4O/c21-14-10-20-16(12-8-4-5-9-13(12)17-14)15(18-19-20)11-6-2-1-3-7-11/h1-9H,10H2,(H,17,21). The van der Waals surface area contributed by atoms with E-state index in [4.69, 9.17) is 0 Å². The zero-order valence-corrected chi connectivity index (χ0v) is 11.2. The van der Waals surface area contributed by atoms with Crippen molar-refractivity contribution < 1.29 is 4.79 Å². The van der Waals surface area contributed by atoms with Gasteiger partial charge in [0.1, 0.15) is 12.2 Å². The van der Waals surface area contributed by atoms with Crippen LogP contribution in [-0.2, 0) is 11.3 Å². The van der Waals surface area contributed by atoms with Crippen LogP contribution in [0, 0.1) is 0 Å². The molecule has 0 fully saturated rings. The fourth-order valence-corrected chi connectivity index (χ4v) is 2.61. The van der Waals surface area contributed by atoms with E-state index in [2.05, 4.69) is 15.6 Å². The van der Waals surface area contributed by atoms with Gasteiger partial charge in [-0.3, -0.25) is 4.79 Å². The van der Waals surface area contributed by atoms with Crippen molar-refractivity contribution in [2.45, 2.75) is 6.54 Å². The number of fused-ring (bicyclic) bond motifs is 3. The summed E-state index contributed by atoms with van der Waals surface area (Å²) in [6, 6.07) is 17.6. The number of hydrogen-bond acceptors (Lipinski definition) is 3. The Kier molecular flexibility index (Phi) is 2.57. The van der Waals surface area contributed by atoms with E-state index in [0.29, 0.717) is 0 Å². The number of carbonyl (C=O) groups excluding carboxylic acids is 1. The third-order valence-electron chi connectivity index (χ3n) is 3.53. The number of hydrogen-bond donors (Lipinski definition) is 1. The van der Waals surface area contributed by atoms with Crippen LogP contribution >= 0.6 is 0 Å². The van der Waals surface area contributed by atoms with Gasteiger partial charge in [0.2, 0.25) is 5.91 Å². The zero-order chi connectivity index (χ0) is 14.2. The van der Waals surface area contributed by atoms with Crippen molar-refractivity contribution in [3.8, 4) is 22.5 Å². The predicted octanol–water partition coefficient (Wildman–Crippen LogP) is 2.56. The molecule has 1 aliphatic rings. The lowest BCUT2D eigenvalue weighted by molar-refractivity contribution is -0.116. The van der Waals surface area contributed by atoms with Crippen LogP contribution in [0.4, 0.5) is 5.69 Å². The van der Waals surface area contributed by atoms with E-state index in [1.165, 1.54) is 0 Å². The molecule has 0 unspecified atom stereocenters. The van der Waals surface area contributed by atoms with Gasteiger partial charge in [-0.05, 0) is 6.07 Å². The molecule has 1 aliphatic heterocycles. The Morgan fingerprint density at radius 1 is 1.00 bits per heavy atom. The summed E-state index contributed by atoms with van der Waals surface area (Å²) in [6.45, 7) is 0.170. The maximum atomic E-state index is 12.0. The minimum absolute atomic E-state index is 0.0919. The maximum Gasteiger partial charge on any atom is 0.246 e. The van der Waals surface area contributed by atoms with Crippen molar-refractivity contribution in [1.82, 2.24) is 15.0 Å². The summed E-state index contributed by atoms with van der Waals surface area (Å²) >= 11 is 0. The van der Waals surface area contributed by atoms with Crippen LogP contribution in [-0.4, -0.2) is 20.9 Å². The van der Waals surface area contributed by atoms with Gasteiger partial charge in [0.05, 0.1) is 11.4 Å². The summed E-state index contributed by atoms with van der Waals surface area (Å²) in [6.07, 6.45) is 0. The Bertz CT molecular complexity index is 823. The summed E-state index contributed by atoms with van der Waals surface area (Å²) in [4.78, 5) is 12.0. The summed E-state index contributed by atoms with van der Waals surface area (Å²) in [5, 5.41) is 11.3. The molecule has 0 saturated carbocycles. The van der Waals surface area contributed by atoms with Gasteiger partial charge in [-0.15, -0.1) is 5.10 Å². The highest BCUT2D eigenvalue weighted by atomic mass is 16.2. The number of anilines is 1. The maximum absolute atomic E-state index is 12.0. The third-order valence-corrected chi connectivity index (χ3v) is 3.53. The van der Waals surface area contributed by atoms with E-state index in [1.807, 2.05) is 54.6 Å². The second-order valence-corrected chi connectivity index (χ2v) is 4.90. The van der Waals surface area contributed by atoms with Crippen LogP contribution in [0.15, 0.2) is 54.6 Å². The molecule has 1 N–H and O–H groups in total. The van der Waals surface area contributed by atoms with Gasteiger partial charge in [-0.2, -0.15) is 0 Å². The molecule has 0 atom stereocenters. The first kappa shape index (κ1) is 11.8. The first-order valence-electron chi connectivity index (χ1n) is 6.71. The molecule has 21 heavy (non-hydrogen) atoms. The molecule has 1 aromatic heterocycles. The third kappa shape index (κ3) is 1.90. The van der Waals surface area contributed by atoms with Crippen LogP contribution in [0.3, 0.4) is 0 Å². The Labute approximate surface area is 121 Å². The molecule has 2 aromatic carbocycles. The average molecular weight is 276 g/mol. The average Bonchev–Trinajstić information content (AvgIpc) is 2.86. The van der Waals surface area contributed by atoms with Crippen molar-refractivity contribution in [2.75, 3.05) is 5.32 Å². The lowest BCUT2D eigenvalue weighted by atomic mass is 10.0. The molecular weight excluding hydrogens is 264 g/mol. The van der Waals surface area contributed by atoms with Gasteiger partial charge in [0.25, 0.3) is 0 Å². The molecule has 2 heterocycles. The normalized spacial score (nSPS) is 13.0. The molecule has 5 nitrogen and oxygen atoms in total. The molecule has 0 bridgehead atoms. The number of carbonyl (C=O) groups is 1. The first-order valence-corrected chi connectivity index (χ1v) is 6.71. The van der Waals surface area contributed by atoms with E-state index < -0.39 is 0 Å². The number of nitrogens with one attached hydrogen (secondary N) is 1. The Morgan fingerprint density at radius 3 is 2.62 bits per heavy atom. The van der Waals surface area contributed by atoms with Gasteiger partial charge < -0.3 is 5.32 Å². The van der Waals surface area contributed by atoms with Crippen LogP contribution in [0.1, 0.15) is 0 Å². The van der Waals surface area contributed by atoms with Crippen molar-refractivity contribution >= 4 is 11.6 Å². The second kappa shape index (κ2) is 4.56. The van der Waals surface area contributed by atoms with Crippen molar-refractivity contribution in [3.05, 3.63) is 54.6 Å². The van der Waals surface area contributed by atoms with E-state index in [1.54, 1.807) is 4.68 Å². The smallest absolute Gasteiger partial charge is 0.246 e. The SMILES string of the molecule is O=C1Cn2nnc(-c3ccccc3)c2-c2ccccc2N1. The highest BCUT2D eigenvalue weighted by Crippen LogP contribution is 2.36. The Morgan fingerprint density at radius 2 is 1.76 bits per heavy atom. The van der Waals surface area contributed by atoms with Crippen LogP contribution in [0.25, 0.3) is 22.5 Å². The minimum Gasteiger partial charge on any atom is -0.324 e. The summed E-state index contributed by atoms with van der Waals surface area (Å²) in [5.41, 5.74) is 4.38. The van der Waals surface area contributed by atoms with Crippen molar-refractivity contribution in [3.63, 3.8) is 0 Å². The molecule has 3 aromatic rings. The van der Waals surface area contributed by atoms with E-state index in [-0.39, 0.29) is 12.5 Å². The number of benzene rings is 2. The van der Waals surface area contributed by atoms with Crippen LogP contribution in [0.5, 0.6) is 0 Å². The molecule has 1 amide bonds. The first-order chi connectivity index (χ1) is 10.3. The highest BCUT2D eigenvalue weighted by molar-refractivity contribution is 5.99. The van der Waals surface area contributed by atoms with Crippen LogP contribution < -0.4 is 5.32 Å². The lowest BCUT2D eigenvalue weighted by Gasteiger charge is -2.07. The number of para-hydroxylation sites is 1. The van der Waals surface area contributed by atoms with Gasteiger partial charge in [0, 0.05) is 11.1 Å². The van der Waals surface area contributed by atoms with E-state index >= 15 is 0 Å². The van der Waals surface area contributed by atoms with E-state index in [0.717, 1.165) is 28.2 Å². The fraction of sp³-hybridized carbons (Fsp3) is 0.0625. The number of amides is 1. The zero-order valence-electron chi connectivity index (χ0n) is 11.2. The summed E-state index contributed by atoms with van der Waals surface area (Å²) < 4.78 is 1.66. The quantitative estimate of drug-likeness (QED) is 0.743. The number of rotatable bonds is 1. The Hall–Kier alpha value is -2.95. The van der Waals surface area contributed by atoms with Gasteiger partial charge in [-0.25, -0.2) is 4.68 Å². The van der Waals surface area contributed by atoms with Gasteiger partial charge >= 0.3 is 0 Å². The topological polar surface area (TPSA) is 59.8 Å². The Balaban J connectivity index is 2.00. The molecule has 102 valence electrons. The number of nitrogens with zero attached hydrogens (tertiary/aromatic N) is 3. The van der Waals surface area contributed by atoms with Crippen LogP contribution in [0.2, 0.25) is 0 Å². The lowest BCUT2D eigenvalue weighted by Crippen LogP contribution is -2.17. The molecular formula is C16H12N4O. The molecule has 0 aliphatic carbocycles. The summed E-state index contributed by atoms with van der Waals surface area (Å²) in [5.74, 6) is -0.0919. The van der Waals surface area contributed by atoms with E-state index in [9.17, 15) is 4.79 Å². The van der Waals surface area contributed by atoms with Gasteiger partial charge in [-0.1, -0.05) is 53.7 Å². The molecule has 0 radical (unpaired) electrons. The number of aromatic nitrogens is 3. The molecule has 0 saturated heterocycles. The molecule has 4 rings (SSSR count). The van der Waals surface area contributed by atoms with Crippen molar-refractivity contribution in [2.24, 2.45) is 0 Å². The minimum atomic E-state index is -0.0919. The molecule has 0 spiro atoms. The molecule has 5 heteroatoms. The second-order valence-electron chi connectivity index (χ2n) is 4.90. The predicted molar refractivity (Wildman–Crippen MR) is 79.5 cm³/mol. The largest absolute Gasteiger partial charge is 0.324 e.